The fourth-order valence-corrected chi connectivity index (χ4v) is 6.61. The van der Waals surface area contributed by atoms with Gasteiger partial charge in [0.05, 0.1) is 12.9 Å². The van der Waals surface area contributed by atoms with Gasteiger partial charge in [-0.1, -0.05) is 12.1 Å². The van der Waals surface area contributed by atoms with E-state index >= 15 is 0 Å². The molecule has 4 bridgehead atoms. The SMILES string of the molecule is C1=C(COc2ccc(C34CC5CC(CC(C5)C3)C4)cc2)OC(Cn2ccnc2)O1. The molecule has 0 saturated heterocycles. The summed E-state index contributed by atoms with van der Waals surface area (Å²) in [5.41, 5.74) is 1.97. The van der Waals surface area contributed by atoms with Crippen LogP contribution in [0.25, 0.3) is 0 Å². The van der Waals surface area contributed by atoms with Gasteiger partial charge in [0.15, 0.2) is 5.76 Å². The summed E-state index contributed by atoms with van der Waals surface area (Å²) in [6.45, 7) is 0.997. The molecule has 5 aliphatic rings. The van der Waals surface area contributed by atoms with E-state index < -0.39 is 0 Å². The maximum absolute atomic E-state index is 5.95. The Hall–Kier alpha value is -2.43. The van der Waals surface area contributed by atoms with Gasteiger partial charge in [-0.2, -0.15) is 0 Å². The highest BCUT2D eigenvalue weighted by Gasteiger charge is 2.51. The summed E-state index contributed by atoms with van der Waals surface area (Å²) in [5.74, 6) is 4.53. The molecule has 4 saturated carbocycles. The molecule has 1 aromatic carbocycles. The van der Waals surface area contributed by atoms with Crippen molar-refractivity contribution in [1.82, 2.24) is 9.55 Å². The fraction of sp³-hybridized carbons (Fsp3) is 0.542. The Bertz CT molecular complexity index is 852. The lowest BCUT2D eigenvalue weighted by Gasteiger charge is -2.57. The van der Waals surface area contributed by atoms with Crippen LogP contribution in [0, 0.1) is 17.8 Å². The van der Waals surface area contributed by atoms with Crippen molar-refractivity contribution in [2.75, 3.05) is 6.61 Å². The van der Waals surface area contributed by atoms with Crippen molar-refractivity contribution in [1.29, 1.82) is 0 Å². The average Bonchev–Trinajstić information content (AvgIpc) is 3.38. The minimum Gasteiger partial charge on any atom is -0.486 e. The van der Waals surface area contributed by atoms with Crippen molar-refractivity contribution in [2.24, 2.45) is 17.8 Å². The molecule has 0 amide bonds. The van der Waals surface area contributed by atoms with Crippen molar-refractivity contribution in [3.63, 3.8) is 0 Å². The van der Waals surface area contributed by atoms with Crippen molar-refractivity contribution in [3.8, 4) is 5.75 Å². The molecule has 1 aromatic heterocycles. The molecule has 2 aromatic rings. The molecule has 1 unspecified atom stereocenters. The lowest BCUT2D eigenvalue weighted by atomic mass is 9.48. The van der Waals surface area contributed by atoms with Crippen LogP contribution in [0.2, 0.25) is 0 Å². The van der Waals surface area contributed by atoms with Crippen molar-refractivity contribution in [2.45, 2.75) is 56.8 Å². The summed E-state index contributed by atoms with van der Waals surface area (Å²) < 4.78 is 19.3. The first-order valence-electron chi connectivity index (χ1n) is 10.9. The van der Waals surface area contributed by atoms with Crippen LogP contribution in [0.1, 0.15) is 44.1 Å². The number of hydrogen-bond acceptors (Lipinski definition) is 4. The highest BCUT2D eigenvalue weighted by Crippen LogP contribution is 2.60. The van der Waals surface area contributed by atoms with Gasteiger partial charge in [0.1, 0.15) is 18.6 Å². The Balaban J connectivity index is 1.06. The molecule has 0 radical (unpaired) electrons. The molecule has 1 atom stereocenters. The molecule has 152 valence electrons. The summed E-state index contributed by atoms with van der Waals surface area (Å²) in [7, 11) is 0. The van der Waals surface area contributed by atoms with E-state index in [1.807, 2.05) is 10.8 Å². The molecule has 2 heterocycles. The van der Waals surface area contributed by atoms with E-state index in [0.717, 1.165) is 29.3 Å². The number of ether oxygens (including phenoxy) is 3. The number of imidazole rings is 1. The van der Waals surface area contributed by atoms with E-state index in [0.29, 0.717) is 18.6 Å². The molecule has 4 aliphatic carbocycles. The van der Waals surface area contributed by atoms with Crippen LogP contribution in [0.5, 0.6) is 5.75 Å². The smallest absolute Gasteiger partial charge is 0.257 e. The van der Waals surface area contributed by atoms with Gasteiger partial charge in [0.2, 0.25) is 0 Å². The third kappa shape index (κ3) is 3.30. The van der Waals surface area contributed by atoms with Crippen molar-refractivity contribution in [3.05, 3.63) is 60.6 Å². The Kier molecular flexibility index (Phi) is 4.10. The first-order valence-corrected chi connectivity index (χ1v) is 10.9. The fourth-order valence-electron chi connectivity index (χ4n) is 6.61. The molecule has 5 heteroatoms. The van der Waals surface area contributed by atoms with E-state index in [-0.39, 0.29) is 6.29 Å². The van der Waals surface area contributed by atoms with Crippen LogP contribution in [0.4, 0.5) is 0 Å². The lowest BCUT2D eigenvalue weighted by molar-refractivity contribution is -0.0469. The van der Waals surface area contributed by atoms with Crippen LogP contribution in [-0.2, 0) is 21.4 Å². The summed E-state index contributed by atoms with van der Waals surface area (Å²) in [5, 5.41) is 0. The lowest BCUT2D eigenvalue weighted by Crippen LogP contribution is -2.48. The predicted molar refractivity (Wildman–Crippen MR) is 108 cm³/mol. The first-order chi connectivity index (χ1) is 14.2. The number of benzene rings is 1. The Labute approximate surface area is 171 Å². The molecule has 7 rings (SSSR count). The quantitative estimate of drug-likeness (QED) is 0.718. The van der Waals surface area contributed by atoms with E-state index in [1.165, 1.54) is 44.1 Å². The van der Waals surface area contributed by atoms with Gasteiger partial charge in [-0.05, 0) is 79.4 Å². The Morgan fingerprint density at radius 2 is 1.76 bits per heavy atom. The third-order valence-electron chi connectivity index (χ3n) is 7.44. The number of nitrogens with zero attached hydrogens (tertiary/aromatic N) is 2. The highest BCUT2D eigenvalue weighted by atomic mass is 16.7. The van der Waals surface area contributed by atoms with Crippen molar-refractivity contribution < 1.29 is 14.2 Å². The Morgan fingerprint density at radius 1 is 1.03 bits per heavy atom. The minimum atomic E-state index is -0.318. The number of aromatic nitrogens is 2. The van der Waals surface area contributed by atoms with Crippen LogP contribution in [0.3, 0.4) is 0 Å². The van der Waals surface area contributed by atoms with Gasteiger partial charge in [0, 0.05) is 12.4 Å². The molecular weight excluding hydrogens is 364 g/mol. The second-order valence-electron chi connectivity index (χ2n) is 9.54. The minimum absolute atomic E-state index is 0.318. The zero-order chi connectivity index (χ0) is 19.3. The van der Waals surface area contributed by atoms with Crippen molar-refractivity contribution >= 4 is 0 Å². The van der Waals surface area contributed by atoms with Gasteiger partial charge in [-0.25, -0.2) is 4.98 Å². The largest absolute Gasteiger partial charge is 0.486 e. The zero-order valence-corrected chi connectivity index (χ0v) is 16.7. The van der Waals surface area contributed by atoms with Gasteiger partial charge in [0.25, 0.3) is 6.29 Å². The summed E-state index contributed by atoms with van der Waals surface area (Å²) in [6.07, 6.45) is 15.4. The first kappa shape index (κ1) is 17.4. The van der Waals surface area contributed by atoms with E-state index in [2.05, 4.69) is 29.2 Å². The monoisotopic (exact) mass is 392 g/mol. The van der Waals surface area contributed by atoms with Crippen LogP contribution in [0.15, 0.2) is 55.0 Å². The van der Waals surface area contributed by atoms with Gasteiger partial charge < -0.3 is 18.8 Å². The van der Waals surface area contributed by atoms with E-state index in [1.54, 1.807) is 18.8 Å². The topological polar surface area (TPSA) is 45.5 Å². The van der Waals surface area contributed by atoms with Gasteiger partial charge >= 0.3 is 0 Å². The zero-order valence-electron chi connectivity index (χ0n) is 16.7. The maximum Gasteiger partial charge on any atom is 0.257 e. The van der Waals surface area contributed by atoms with Crippen LogP contribution in [-0.4, -0.2) is 22.4 Å². The highest BCUT2D eigenvalue weighted by molar-refractivity contribution is 5.34. The molecule has 1 aliphatic heterocycles. The summed E-state index contributed by atoms with van der Waals surface area (Å²) in [6, 6.07) is 8.88. The molecule has 4 fully saturated rings. The second kappa shape index (κ2) is 6.82. The van der Waals surface area contributed by atoms with Gasteiger partial charge in [-0.15, -0.1) is 0 Å². The molecule has 29 heavy (non-hydrogen) atoms. The van der Waals surface area contributed by atoms with Gasteiger partial charge in [-0.3, -0.25) is 0 Å². The normalized spacial score (nSPS) is 34.6. The molecule has 0 spiro atoms. The van der Waals surface area contributed by atoms with Crippen LogP contribution >= 0.6 is 0 Å². The summed E-state index contributed by atoms with van der Waals surface area (Å²) >= 11 is 0. The van der Waals surface area contributed by atoms with E-state index in [4.69, 9.17) is 14.2 Å². The average molecular weight is 392 g/mol. The molecule has 0 N–H and O–H groups in total. The van der Waals surface area contributed by atoms with Crippen LogP contribution < -0.4 is 4.74 Å². The summed E-state index contributed by atoms with van der Waals surface area (Å²) in [4.78, 5) is 4.04. The maximum atomic E-state index is 5.95. The molecule has 5 nitrogen and oxygen atoms in total. The predicted octanol–water partition coefficient (Wildman–Crippen LogP) is 4.64. The third-order valence-corrected chi connectivity index (χ3v) is 7.44. The second-order valence-corrected chi connectivity index (χ2v) is 9.54. The van der Waals surface area contributed by atoms with E-state index in [9.17, 15) is 0 Å². The molecular formula is C24H28N2O3. The number of rotatable bonds is 6. The Morgan fingerprint density at radius 3 is 2.41 bits per heavy atom. The standard InChI is InChI=1S/C24H28N2O3/c1-3-21(27-14-22-15-28-23(29-22)13-26-6-5-25-16-26)4-2-20(1)24-10-17-7-18(11-24)9-19(8-17)12-24/h1-6,15-19,23H,7-14H2. The number of hydrogen-bond donors (Lipinski definition) is 0.